The summed E-state index contributed by atoms with van der Waals surface area (Å²) < 4.78 is 92.4. The lowest BCUT2D eigenvalue weighted by atomic mass is 10.1. The minimum atomic E-state index is -4.85. The summed E-state index contributed by atoms with van der Waals surface area (Å²) in [5, 5.41) is 10.7. The zero-order valence-electron chi connectivity index (χ0n) is 17.9. The van der Waals surface area contributed by atoms with Gasteiger partial charge < -0.3 is 4.42 Å². The molecular formula is C21H17F3N4O6S2. The smallest absolute Gasteiger partial charge is 0.409 e. The molecule has 2 heterocycles. The van der Waals surface area contributed by atoms with E-state index in [1.165, 1.54) is 36.4 Å². The molecule has 0 bridgehead atoms. The van der Waals surface area contributed by atoms with Crippen molar-refractivity contribution in [3.8, 4) is 11.3 Å². The number of sulfonamides is 2. The van der Waals surface area contributed by atoms with Gasteiger partial charge in [-0.3, -0.25) is 4.79 Å². The van der Waals surface area contributed by atoms with Crippen LogP contribution in [-0.4, -0.2) is 35.0 Å². The first kappa shape index (κ1) is 25.6. The predicted octanol–water partition coefficient (Wildman–Crippen LogP) is 2.11. The molecule has 1 saturated heterocycles. The van der Waals surface area contributed by atoms with Crippen molar-refractivity contribution in [3.05, 3.63) is 72.0 Å². The van der Waals surface area contributed by atoms with E-state index in [1.54, 1.807) is 0 Å². The van der Waals surface area contributed by atoms with Gasteiger partial charge in [0.1, 0.15) is 11.5 Å². The highest BCUT2D eigenvalue weighted by Crippen LogP contribution is 2.35. The second-order valence-corrected chi connectivity index (χ2v) is 10.8. The van der Waals surface area contributed by atoms with E-state index in [1.807, 2.05) is 0 Å². The fourth-order valence-electron chi connectivity index (χ4n) is 3.43. The third-order valence-electron chi connectivity index (χ3n) is 5.16. The zero-order chi connectivity index (χ0) is 26.5. The number of hydrazine groups is 1. The van der Waals surface area contributed by atoms with Gasteiger partial charge >= 0.3 is 6.18 Å². The number of nitrogens with one attached hydrogen (secondary N) is 1. The number of amides is 1. The first-order valence-corrected chi connectivity index (χ1v) is 13.0. The molecule has 3 aromatic rings. The number of anilines is 1. The largest absolute Gasteiger partial charge is 0.457 e. The zero-order valence-corrected chi connectivity index (χ0v) is 19.6. The molecule has 1 aromatic heterocycles. The van der Waals surface area contributed by atoms with Gasteiger partial charge in [0.2, 0.25) is 20.0 Å². The molecule has 1 aliphatic heterocycles. The van der Waals surface area contributed by atoms with Crippen LogP contribution in [0.4, 0.5) is 18.9 Å². The first-order valence-electron chi connectivity index (χ1n) is 9.89. The number of alkyl halides is 3. The van der Waals surface area contributed by atoms with Crippen LogP contribution in [0.25, 0.3) is 17.4 Å². The molecule has 15 heteroatoms. The minimum Gasteiger partial charge on any atom is -0.457 e. The lowest BCUT2D eigenvalue weighted by Crippen LogP contribution is -2.44. The van der Waals surface area contributed by atoms with Gasteiger partial charge in [-0.1, -0.05) is 0 Å². The average Bonchev–Trinajstić information content (AvgIpc) is 3.38. The number of halogens is 3. The Bertz CT molecular complexity index is 1560. The maximum absolute atomic E-state index is 13.7. The van der Waals surface area contributed by atoms with E-state index in [4.69, 9.17) is 14.7 Å². The Morgan fingerprint density at radius 1 is 0.861 bits per heavy atom. The fraction of sp³-hybridized carbons (Fsp3) is 0.0952. The fourth-order valence-corrected chi connectivity index (χ4v) is 4.46. The van der Waals surface area contributed by atoms with Crippen molar-refractivity contribution >= 4 is 37.7 Å². The Morgan fingerprint density at radius 3 is 1.89 bits per heavy atom. The number of benzene rings is 2. The molecule has 1 atom stereocenters. The van der Waals surface area contributed by atoms with Crippen LogP contribution in [0.1, 0.15) is 5.76 Å². The van der Waals surface area contributed by atoms with Gasteiger partial charge in [0, 0.05) is 5.56 Å². The Balaban J connectivity index is 1.65. The van der Waals surface area contributed by atoms with Gasteiger partial charge in [-0.05, 0) is 66.7 Å². The number of carbonyl (C=O) groups is 1. The number of nitrogens with zero attached hydrogens (tertiary/aromatic N) is 1. The summed E-state index contributed by atoms with van der Waals surface area (Å²) in [6.45, 7) is 0. The number of primary sulfonamides is 2. The van der Waals surface area contributed by atoms with E-state index >= 15 is 0 Å². The lowest BCUT2D eigenvalue weighted by Gasteiger charge is -2.19. The molecule has 0 aliphatic carbocycles. The molecular weight excluding hydrogens is 525 g/mol. The summed E-state index contributed by atoms with van der Waals surface area (Å²) in [6, 6.07) is 10.1. The number of rotatable bonds is 5. The van der Waals surface area contributed by atoms with Crippen LogP contribution < -0.4 is 20.7 Å². The van der Waals surface area contributed by atoms with E-state index in [2.05, 4.69) is 5.43 Å². The molecule has 190 valence electrons. The van der Waals surface area contributed by atoms with E-state index in [9.17, 15) is 34.8 Å². The average molecular weight is 543 g/mol. The SMILES string of the molecule is NS(=O)(=O)c1ccc(-c2ccc(/C=C3/C(=O)N(c4ccc(S(N)(=O)=O)cc4)NC3C(F)(F)F)o2)cc1. The Morgan fingerprint density at radius 2 is 1.39 bits per heavy atom. The number of nitrogens with two attached hydrogens (primary N) is 2. The standard InChI is InChI=1S/C21H17F3N4O6S2/c22-21(23,24)19-17(20(29)28(27-19)13-3-8-16(9-4-13)36(26,32)33)11-14-5-10-18(34-14)12-1-6-15(7-2-12)35(25,30)31/h1-11,19,27H,(H2,25,30,31)(H2,26,32,33)/b17-11+. The van der Waals surface area contributed by atoms with Crippen LogP contribution in [0.15, 0.2) is 80.4 Å². The van der Waals surface area contributed by atoms with Crippen LogP contribution in [0.5, 0.6) is 0 Å². The Labute approximate surface area is 203 Å². The predicted molar refractivity (Wildman–Crippen MR) is 122 cm³/mol. The normalized spacial score (nSPS) is 18.2. The number of hydrogen-bond donors (Lipinski definition) is 3. The van der Waals surface area contributed by atoms with Crippen molar-refractivity contribution in [1.29, 1.82) is 0 Å². The number of furan rings is 1. The molecule has 10 nitrogen and oxygen atoms in total. The molecule has 0 spiro atoms. The molecule has 1 amide bonds. The third-order valence-corrected chi connectivity index (χ3v) is 7.02. The van der Waals surface area contributed by atoms with E-state index in [0.29, 0.717) is 10.6 Å². The van der Waals surface area contributed by atoms with E-state index in [-0.39, 0.29) is 27.0 Å². The number of carbonyl (C=O) groups excluding carboxylic acids is 1. The minimum absolute atomic E-state index is 0.0415. The second kappa shape index (κ2) is 8.86. The highest BCUT2D eigenvalue weighted by molar-refractivity contribution is 7.89. The van der Waals surface area contributed by atoms with Crippen LogP contribution in [0.2, 0.25) is 0 Å². The highest BCUT2D eigenvalue weighted by Gasteiger charge is 2.51. The van der Waals surface area contributed by atoms with Gasteiger partial charge in [0.15, 0.2) is 6.04 Å². The maximum atomic E-state index is 13.7. The van der Waals surface area contributed by atoms with Crippen molar-refractivity contribution in [2.75, 3.05) is 5.01 Å². The van der Waals surface area contributed by atoms with Crippen molar-refractivity contribution in [2.45, 2.75) is 22.0 Å². The quantitative estimate of drug-likeness (QED) is 0.415. The van der Waals surface area contributed by atoms with Crippen molar-refractivity contribution in [2.24, 2.45) is 10.3 Å². The monoisotopic (exact) mass is 542 g/mol. The Kier molecular flexibility index (Phi) is 6.30. The first-order chi connectivity index (χ1) is 16.6. The van der Waals surface area contributed by atoms with Crippen LogP contribution in [0.3, 0.4) is 0 Å². The second-order valence-electron chi connectivity index (χ2n) is 7.65. The van der Waals surface area contributed by atoms with Gasteiger partial charge in [0.05, 0.1) is 21.1 Å². The summed E-state index contributed by atoms with van der Waals surface area (Å²) in [4.78, 5) is 12.5. The molecule has 1 fully saturated rings. The third kappa shape index (κ3) is 5.19. The summed E-state index contributed by atoms with van der Waals surface area (Å²) in [5.41, 5.74) is 1.80. The van der Waals surface area contributed by atoms with Crippen molar-refractivity contribution in [1.82, 2.24) is 5.43 Å². The molecule has 1 unspecified atom stereocenters. The highest BCUT2D eigenvalue weighted by atomic mass is 32.2. The maximum Gasteiger partial charge on any atom is 0.409 e. The molecule has 2 aromatic carbocycles. The van der Waals surface area contributed by atoms with Crippen LogP contribution in [-0.2, 0) is 24.8 Å². The molecule has 5 N–H and O–H groups in total. The van der Waals surface area contributed by atoms with Gasteiger partial charge in [-0.15, -0.1) is 0 Å². The molecule has 1 aliphatic rings. The van der Waals surface area contributed by atoms with Crippen molar-refractivity contribution < 1.29 is 39.2 Å². The van der Waals surface area contributed by atoms with Gasteiger partial charge in [0.25, 0.3) is 5.91 Å². The molecule has 0 radical (unpaired) electrons. The molecule has 36 heavy (non-hydrogen) atoms. The van der Waals surface area contributed by atoms with Crippen LogP contribution in [0, 0.1) is 0 Å². The lowest BCUT2D eigenvalue weighted by molar-refractivity contribution is -0.144. The van der Waals surface area contributed by atoms with Gasteiger partial charge in [-0.2, -0.15) is 13.2 Å². The molecule has 4 rings (SSSR count). The van der Waals surface area contributed by atoms with Crippen molar-refractivity contribution in [3.63, 3.8) is 0 Å². The molecule has 0 saturated carbocycles. The topological polar surface area (TPSA) is 166 Å². The Hall–Kier alpha value is -3.50. The summed E-state index contributed by atoms with van der Waals surface area (Å²) in [7, 11) is -7.94. The summed E-state index contributed by atoms with van der Waals surface area (Å²) in [6.07, 6.45) is -3.91. The van der Waals surface area contributed by atoms with Crippen LogP contribution >= 0.6 is 0 Å². The summed E-state index contributed by atoms with van der Waals surface area (Å²) in [5.74, 6) is -0.886. The van der Waals surface area contributed by atoms with Gasteiger partial charge in [-0.25, -0.2) is 37.5 Å². The van der Waals surface area contributed by atoms with E-state index in [0.717, 1.165) is 30.3 Å². The summed E-state index contributed by atoms with van der Waals surface area (Å²) >= 11 is 0. The van der Waals surface area contributed by atoms with E-state index < -0.39 is 43.7 Å². The number of hydrogen-bond acceptors (Lipinski definition) is 7.